The zero-order valence-corrected chi connectivity index (χ0v) is 27.4. The molecule has 0 aliphatic rings. The van der Waals surface area contributed by atoms with Crippen molar-refractivity contribution in [1.82, 2.24) is 15.4 Å². The Morgan fingerprint density at radius 1 is 0.881 bits per heavy atom. The summed E-state index contributed by atoms with van der Waals surface area (Å²) in [6.07, 6.45) is 2.43. The van der Waals surface area contributed by atoms with E-state index in [1.54, 1.807) is 48.5 Å². The smallest absolute Gasteiger partial charge is 0.328 e. The highest BCUT2D eigenvalue weighted by Gasteiger charge is 2.32. The molecule has 0 radical (unpaired) electrons. The van der Waals surface area contributed by atoms with Crippen molar-refractivity contribution in [3.8, 4) is 0 Å². The van der Waals surface area contributed by atoms with E-state index in [0.717, 1.165) is 16.5 Å². The number of esters is 3. The van der Waals surface area contributed by atoms with Gasteiger partial charge in [-0.05, 0) is 72.4 Å². The highest BCUT2D eigenvalue weighted by atomic mass is 31.1. The topological polar surface area (TPSA) is 136 Å². The van der Waals surface area contributed by atoms with Crippen LogP contribution in [0.5, 0.6) is 0 Å². The predicted octanol–water partition coefficient (Wildman–Crippen LogP) is 5.25. The molecule has 1 aromatic carbocycles. The molecule has 0 bridgehead atoms. The number of rotatable bonds is 14. The summed E-state index contributed by atoms with van der Waals surface area (Å²) in [7, 11) is -1.45. The maximum absolute atomic E-state index is 13.7. The van der Waals surface area contributed by atoms with Crippen molar-refractivity contribution in [2.75, 3.05) is 19.3 Å². The first-order chi connectivity index (χ1) is 19.5. The van der Waals surface area contributed by atoms with Crippen LogP contribution in [-0.2, 0) is 39.8 Å². The minimum Gasteiger partial charge on any atom is -0.464 e. The quantitative estimate of drug-likeness (QED) is 0.151. The van der Waals surface area contributed by atoms with E-state index in [9.17, 15) is 19.2 Å². The summed E-state index contributed by atoms with van der Waals surface area (Å²) >= 11 is 0. The second-order valence-corrected chi connectivity index (χ2v) is 14.7. The number of carbonyl (C=O) groups excluding carboxylic acids is 4. The van der Waals surface area contributed by atoms with Gasteiger partial charge in [-0.25, -0.2) is 4.79 Å². The molecule has 2 aromatic rings. The number of carbonyl (C=O) groups is 4. The zero-order valence-electron chi connectivity index (χ0n) is 26.5. The summed E-state index contributed by atoms with van der Waals surface area (Å²) in [6.45, 7) is 16.4. The van der Waals surface area contributed by atoms with Crippen molar-refractivity contribution in [3.63, 3.8) is 0 Å². The summed E-state index contributed by atoms with van der Waals surface area (Å²) in [6, 6.07) is 6.08. The Morgan fingerprint density at radius 3 is 1.98 bits per heavy atom. The van der Waals surface area contributed by atoms with Crippen LogP contribution in [0.15, 0.2) is 30.5 Å². The molecule has 0 aliphatic heterocycles. The van der Waals surface area contributed by atoms with Crippen LogP contribution in [0.2, 0.25) is 0 Å². The second-order valence-electron chi connectivity index (χ2n) is 12.8. The van der Waals surface area contributed by atoms with Gasteiger partial charge < -0.3 is 24.5 Å². The van der Waals surface area contributed by atoms with E-state index in [1.807, 2.05) is 44.3 Å². The third-order valence-electron chi connectivity index (χ3n) is 6.28. The number of aromatic nitrogens is 1. The van der Waals surface area contributed by atoms with E-state index in [0.29, 0.717) is 6.42 Å². The van der Waals surface area contributed by atoms with Crippen molar-refractivity contribution in [3.05, 3.63) is 36.0 Å². The molecule has 3 N–H and O–H groups in total. The van der Waals surface area contributed by atoms with Gasteiger partial charge >= 0.3 is 17.9 Å². The van der Waals surface area contributed by atoms with E-state index in [1.165, 1.54) is 0 Å². The molecule has 1 heterocycles. The molecule has 0 spiro atoms. The van der Waals surface area contributed by atoms with Gasteiger partial charge in [-0.1, -0.05) is 32.0 Å². The number of nitrogens with one attached hydrogen (secondary N) is 3. The van der Waals surface area contributed by atoms with Crippen LogP contribution < -0.4 is 10.4 Å². The summed E-state index contributed by atoms with van der Waals surface area (Å²) in [5, 5.41) is 7.16. The second kappa shape index (κ2) is 15.5. The van der Waals surface area contributed by atoms with Gasteiger partial charge in [-0.3, -0.25) is 19.5 Å². The fraction of sp³-hybridized carbons (Fsp3) is 0.613. The Labute approximate surface area is 250 Å². The molecule has 0 aliphatic carbocycles. The number of ether oxygens (including phenoxy) is 3. The molecule has 1 amide bonds. The minimum atomic E-state index is -1.45. The van der Waals surface area contributed by atoms with E-state index in [-0.39, 0.29) is 31.6 Å². The van der Waals surface area contributed by atoms with Gasteiger partial charge in [0, 0.05) is 31.6 Å². The maximum atomic E-state index is 13.7. The fourth-order valence-corrected chi connectivity index (χ4v) is 5.39. The molecule has 0 unspecified atom stereocenters. The lowest BCUT2D eigenvalue weighted by Gasteiger charge is -2.29. The normalized spacial score (nSPS) is 13.6. The lowest BCUT2D eigenvalue weighted by molar-refractivity contribution is -0.151. The van der Waals surface area contributed by atoms with Crippen molar-refractivity contribution in [1.29, 1.82) is 0 Å². The molecule has 42 heavy (non-hydrogen) atoms. The Balaban J connectivity index is 2.28. The first kappa shape index (κ1) is 35.2. The first-order valence-corrected chi connectivity index (χ1v) is 16.1. The van der Waals surface area contributed by atoms with Crippen LogP contribution in [0.3, 0.4) is 0 Å². The Kier molecular flexibility index (Phi) is 13.0. The number of amides is 1. The monoisotopic (exact) mass is 605 g/mol. The van der Waals surface area contributed by atoms with Crippen molar-refractivity contribution < 1.29 is 33.4 Å². The number of benzene rings is 1. The minimum absolute atomic E-state index is 0.0403. The first-order valence-electron chi connectivity index (χ1n) is 14.4. The van der Waals surface area contributed by atoms with E-state index < -0.39 is 54.8 Å². The SMILES string of the molecule is CCOC(=O)[C@H](Cc1c[nH]c2ccccc12)NC(=O)[C@H](CC(C)C)NP(COC(=O)C(C)(C)C)COC(=O)C(C)(C)C. The molecular formula is C31H48N3O7P. The molecule has 10 nitrogen and oxygen atoms in total. The number of fused-ring (bicyclic) bond motifs is 1. The number of H-pyrrole nitrogens is 1. The van der Waals surface area contributed by atoms with Gasteiger partial charge in [0.05, 0.1) is 23.5 Å². The van der Waals surface area contributed by atoms with Crippen molar-refractivity contribution in [2.45, 2.75) is 87.2 Å². The van der Waals surface area contributed by atoms with Gasteiger partial charge in [-0.15, -0.1) is 0 Å². The number of hydrogen-bond donors (Lipinski definition) is 3. The van der Waals surface area contributed by atoms with Crippen LogP contribution >= 0.6 is 8.07 Å². The molecular weight excluding hydrogens is 557 g/mol. The number of para-hydroxylation sites is 1. The molecule has 1 aromatic heterocycles. The Hall–Kier alpha value is -2.97. The number of hydrogen-bond acceptors (Lipinski definition) is 8. The third kappa shape index (κ3) is 11.0. The largest absolute Gasteiger partial charge is 0.464 e. The summed E-state index contributed by atoms with van der Waals surface area (Å²) in [5.74, 6) is -1.60. The van der Waals surface area contributed by atoms with Gasteiger partial charge in [0.25, 0.3) is 0 Å². The Bertz CT molecular complexity index is 1180. The van der Waals surface area contributed by atoms with Crippen LogP contribution in [0.25, 0.3) is 10.9 Å². The van der Waals surface area contributed by atoms with Crippen molar-refractivity contribution >= 4 is 42.8 Å². The highest BCUT2D eigenvalue weighted by Crippen LogP contribution is 2.34. The van der Waals surface area contributed by atoms with Crippen LogP contribution in [-0.4, -0.2) is 60.2 Å². The average Bonchev–Trinajstić information content (AvgIpc) is 3.30. The molecule has 2 atom stereocenters. The average molecular weight is 606 g/mol. The molecule has 0 saturated heterocycles. The van der Waals surface area contributed by atoms with E-state index in [4.69, 9.17) is 14.2 Å². The zero-order chi connectivity index (χ0) is 31.7. The standard InChI is InChI=1S/C31H48N3O7P/c1-10-39-27(36)25(16-21-17-32-23-14-12-11-13-22(21)23)33-26(35)24(15-20(2)3)34-42(18-40-28(37)30(4,5)6)19-41-29(38)31(7,8)9/h11-14,17,20,24-25,32,34H,10,15-16,18-19H2,1-9H3,(H,33,35)/t24-,25-/m0/s1. The molecule has 234 valence electrons. The van der Waals surface area contributed by atoms with Crippen molar-refractivity contribution in [2.24, 2.45) is 16.7 Å². The molecule has 11 heteroatoms. The Morgan fingerprint density at radius 2 is 1.45 bits per heavy atom. The van der Waals surface area contributed by atoms with Gasteiger partial charge in [-0.2, -0.15) is 0 Å². The summed E-state index contributed by atoms with van der Waals surface area (Å²) < 4.78 is 16.4. The highest BCUT2D eigenvalue weighted by molar-refractivity contribution is 7.55. The molecule has 0 fully saturated rings. The van der Waals surface area contributed by atoms with Gasteiger partial charge in [0.2, 0.25) is 5.91 Å². The third-order valence-corrected chi connectivity index (χ3v) is 7.83. The summed E-state index contributed by atoms with van der Waals surface area (Å²) in [4.78, 5) is 54.9. The number of aromatic amines is 1. The lowest BCUT2D eigenvalue weighted by atomic mass is 9.98. The van der Waals surface area contributed by atoms with Crippen LogP contribution in [0.1, 0.15) is 74.3 Å². The van der Waals surface area contributed by atoms with Crippen LogP contribution in [0, 0.1) is 16.7 Å². The molecule has 2 rings (SSSR count). The van der Waals surface area contributed by atoms with E-state index >= 15 is 0 Å². The summed E-state index contributed by atoms with van der Waals surface area (Å²) in [5.41, 5.74) is 0.379. The van der Waals surface area contributed by atoms with Gasteiger partial charge in [0.15, 0.2) is 0 Å². The van der Waals surface area contributed by atoms with E-state index in [2.05, 4.69) is 15.4 Å². The van der Waals surface area contributed by atoms with Crippen LogP contribution in [0.4, 0.5) is 0 Å². The molecule has 0 saturated carbocycles. The lowest BCUT2D eigenvalue weighted by Crippen LogP contribution is -2.51. The predicted molar refractivity (Wildman–Crippen MR) is 165 cm³/mol. The van der Waals surface area contributed by atoms with Gasteiger partial charge in [0.1, 0.15) is 18.7 Å². The fourth-order valence-electron chi connectivity index (χ4n) is 3.96. The maximum Gasteiger partial charge on any atom is 0.328 e.